The summed E-state index contributed by atoms with van der Waals surface area (Å²) < 4.78 is 1.54. The molecule has 0 saturated carbocycles. The lowest BCUT2D eigenvalue weighted by atomic mass is 10.1. The molecule has 31 heavy (non-hydrogen) atoms. The molecular weight excluding hydrogens is 422 g/mol. The maximum Gasteiger partial charge on any atom is 0.341 e. The summed E-state index contributed by atoms with van der Waals surface area (Å²) >= 11 is 1.31. The van der Waals surface area contributed by atoms with Gasteiger partial charge in [0, 0.05) is 43.9 Å². The first-order valence-corrected chi connectivity index (χ1v) is 10.6. The number of carboxylic acid groups (broad SMARTS) is 1. The fraction of sp³-hybridized carbons (Fsp3) is 0.350. The van der Waals surface area contributed by atoms with E-state index in [1.165, 1.54) is 22.1 Å². The molecule has 0 unspecified atom stereocenters. The largest absolute Gasteiger partial charge is 0.477 e. The van der Waals surface area contributed by atoms with Crippen LogP contribution in [0.4, 0.5) is 5.82 Å². The van der Waals surface area contributed by atoms with Crippen molar-refractivity contribution >= 4 is 40.1 Å². The van der Waals surface area contributed by atoms with Crippen molar-refractivity contribution in [3.05, 3.63) is 45.2 Å². The maximum atomic E-state index is 12.8. The molecule has 0 bridgehead atoms. The van der Waals surface area contributed by atoms with Gasteiger partial charge in [0.1, 0.15) is 11.4 Å². The molecular formula is C20H21N5O5S. The zero-order chi connectivity index (χ0) is 22.1. The topological polar surface area (TPSA) is 138 Å². The molecule has 3 aromatic rings. The standard InChI is InChI=1S/C20H21N5O5S/c1-11-7-14(24-8-12(9-24)22-15(27)3-2-5-26)23-18-16(11)17(28)13(19(29)30)10-25(18)20-21-4-6-31-20/h4,6-7,10,12,26H,2-3,5,8-9H2,1H3,(H,22,27)(H,29,30). The third-order valence-electron chi connectivity index (χ3n) is 5.13. The molecule has 1 aliphatic rings. The Bertz CT molecular complexity index is 1200. The Kier molecular flexibility index (Phi) is 5.70. The molecule has 1 amide bonds. The second-order valence-electron chi connectivity index (χ2n) is 7.35. The number of nitrogens with one attached hydrogen (secondary N) is 1. The first-order valence-electron chi connectivity index (χ1n) is 9.74. The van der Waals surface area contributed by atoms with E-state index in [0.717, 1.165) is 0 Å². The quantitative estimate of drug-likeness (QED) is 0.490. The van der Waals surface area contributed by atoms with E-state index >= 15 is 0 Å². The van der Waals surface area contributed by atoms with Gasteiger partial charge < -0.3 is 20.4 Å². The van der Waals surface area contributed by atoms with Gasteiger partial charge >= 0.3 is 5.97 Å². The zero-order valence-corrected chi connectivity index (χ0v) is 17.6. The fourth-order valence-corrected chi connectivity index (χ4v) is 4.19. The van der Waals surface area contributed by atoms with Gasteiger partial charge in [0.2, 0.25) is 11.3 Å². The highest BCUT2D eigenvalue weighted by Gasteiger charge is 2.30. The Morgan fingerprint density at radius 3 is 2.77 bits per heavy atom. The molecule has 3 N–H and O–H groups in total. The summed E-state index contributed by atoms with van der Waals surface area (Å²) in [5.41, 5.74) is 0.0451. The summed E-state index contributed by atoms with van der Waals surface area (Å²) in [5, 5.41) is 23.7. The number of amides is 1. The van der Waals surface area contributed by atoms with Crippen LogP contribution in [-0.2, 0) is 4.79 Å². The van der Waals surface area contributed by atoms with Crippen LogP contribution in [0.3, 0.4) is 0 Å². The van der Waals surface area contributed by atoms with E-state index in [-0.39, 0.29) is 35.9 Å². The number of aryl methyl sites for hydroxylation is 1. The summed E-state index contributed by atoms with van der Waals surface area (Å²) in [6.45, 7) is 2.87. The van der Waals surface area contributed by atoms with E-state index in [1.807, 2.05) is 4.90 Å². The zero-order valence-electron chi connectivity index (χ0n) is 16.7. The van der Waals surface area contributed by atoms with Gasteiger partial charge in [0.05, 0.1) is 11.4 Å². The molecule has 0 spiro atoms. The molecule has 3 aromatic heterocycles. The molecule has 0 aliphatic carbocycles. The van der Waals surface area contributed by atoms with Crippen molar-refractivity contribution in [1.29, 1.82) is 0 Å². The van der Waals surface area contributed by atoms with Crippen molar-refractivity contribution in [3.63, 3.8) is 0 Å². The average Bonchev–Trinajstić information content (AvgIpc) is 3.22. The lowest BCUT2D eigenvalue weighted by Crippen LogP contribution is -2.59. The number of carboxylic acids is 1. The second-order valence-corrected chi connectivity index (χ2v) is 8.23. The number of thiazole rings is 1. The minimum Gasteiger partial charge on any atom is -0.477 e. The number of hydrogen-bond acceptors (Lipinski definition) is 8. The minimum atomic E-state index is -1.30. The molecule has 162 valence electrons. The third-order valence-corrected chi connectivity index (χ3v) is 5.90. The predicted molar refractivity (Wildman–Crippen MR) is 115 cm³/mol. The summed E-state index contributed by atoms with van der Waals surface area (Å²) in [5.74, 6) is -0.762. The molecule has 4 heterocycles. The third kappa shape index (κ3) is 4.01. The molecule has 0 atom stereocenters. The van der Waals surface area contributed by atoms with E-state index in [4.69, 9.17) is 5.11 Å². The van der Waals surface area contributed by atoms with Crippen LogP contribution in [0.2, 0.25) is 0 Å². The maximum absolute atomic E-state index is 12.8. The number of fused-ring (bicyclic) bond motifs is 1. The van der Waals surface area contributed by atoms with Crippen LogP contribution in [0.5, 0.6) is 0 Å². The summed E-state index contributed by atoms with van der Waals surface area (Å²) in [6.07, 6.45) is 3.58. The Labute approximate surface area is 180 Å². The van der Waals surface area contributed by atoms with Crippen LogP contribution in [-0.4, -0.2) is 62.4 Å². The Morgan fingerprint density at radius 1 is 1.35 bits per heavy atom. The molecule has 10 nitrogen and oxygen atoms in total. The molecule has 0 radical (unpaired) electrons. The Hall–Kier alpha value is -3.31. The highest BCUT2D eigenvalue weighted by Crippen LogP contribution is 2.26. The van der Waals surface area contributed by atoms with Crippen molar-refractivity contribution in [1.82, 2.24) is 19.9 Å². The molecule has 1 fully saturated rings. The smallest absolute Gasteiger partial charge is 0.341 e. The summed E-state index contributed by atoms with van der Waals surface area (Å²) in [7, 11) is 0. The van der Waals surface area contributed by atoms with Crippen LogP contribution in [0.1, 0.15) is 28.8 Å². The molecule has 4 rings (SSSR count). The lowest BCUT2D eigenvalue weighted by molar-refractivity contribution is -0.122. The van der Waals surface area contributed by atoms with E-state index in [9.17, 15) is 19.5 Å². The first-order chi connectivity index (χ1) is 14.9. The van der Waals surface area contributed by atoms with Gasteiger partial charge in [-0.3, -0.25) is 14.2 Å². The van der Waals surface area contributed by atoms with E-state index < -0.39 is 11.4 Å². The van der Waals surface area contributed by atoms with Gasteiger partial charge in [-0.15, -0.1) is 11.3 Å². The van der Waals surface area contributed by atoms with Gasteiger partial charge in [-0.25, -0.2) is 14.8 Å². The number of anilines is 1. The number of carbonyl (C=O) groups excluding carboxylic acids is 1. The summed E-state index contributed by atoms with van der Waals surface area (Å²) in [4.78, 5) is 47.1. The number of rotatable bonds is 7. The van der Waals surface area contributed by atoms with Crippen molar-refractivity contribution in [3.8, 4) is 5.13 Å². The number of aromatic nitrogens is 3. The number of nitrogens with zero attached hydrogens (tertiary/aromatic N) is 4. The molecule has 1 saturated heterocycles. The minimum absolute atomic E-state index is 0.0143. The SMILES string of the molecule is Cc1cc(N2CC(NC(=O)CCCO)C2)nc2c1c(=O)c(C(=O)O)cn2-c1nccs1. The second kappa shape index (κ2) is 8.44. The van der Waals surface area contributed by atoms with Gasteiger partial charge in [-0.05, 0) is 25.0 Å². The Balaban J connectivity index is 1.68. The van der Waals surface area contributed by atoms with Crippen molar-refractivity contribution in [2.24, 2.45) is 0 Å². The van der Waals surface area contributed by atoms with Crippen LogP contribution >= 0.6 is 11.3 Å². The van der Waals surface area contributed by atoms with Gasteiger partial charge in [0.15, 0.2) is 10.8 Å². The first kappa shape index (κ1) is 20.9. The highest BCUT2D eigenvalue weighted by atomic mass is 32.1. The number of aromatic carboxylic acids is 1. The average molecular weight is 443 g/mol. The van der Waals surface area contributed by atoms with Gasteiger partial charge in [-0.1, -0.05) is 0 Å². The number of hydrogen-bond donors (Lipinski definition) is 3. The van der Waals surface area contributed by atoms with Crippen molar-refractivity contribution < 1.29 is 19.8 Å². The number of aliphatic hydroxyl groups excluding tert-OH is 1. The lowest BCUT2D eigenvalue weighted by Gasteiger charge is -2.40. The molecule has 1 aliphatic heterocycles. The predicted octanol–water partition coefficient (Wildman–Crippen LogP) is 0.926. The molecule has 11 heteroatoms. The highest BCUT2D eigenvalue weighted by molar-refractivity contribution is 7.12. The van der Waals surface area contributed by atoms with Crippen LogP contribution in [0.15, 0.2) is 28.6 Å². The van der Waals surface area contributed by atoms with Gasteiger partial charge in [0.25, 0.3) is 0 Å². The van der Waals surface area contributed by atoms with Crippen molar-refractivity contribution in [2.45, 2.75) is 25.8 Å². The van der Waals surface area contributed by atoms with Crippen LogP contribution in [0.25, 0.3) is 16.2 Å². The van der Waals surface area contributed by atoms with Crippen LogP contribution in [0, 0.1) is 6.92 Å². The number of pyridine rings is 2. The van der Waals surface area contributed by atoms with Crippen LogP contribution < -0.4 is 15.6 Å². The van der Waals surface area contributed by atoms with E-state index in [0.29, 0.717) is 41.7 Å². The van der Waals surface area contributed by atoms with E-state index in [2.05, 4.69) is 15.3 Å². The Morgan fingerprint density at radius 2 is 2.13 bits per heavy atom. The fourth-order valence-electron chi connectivity index (χ4n) is 3.57. The normalized spacial score (nSPS) is 13.9. The number of carbonyl (C=O) groups is 2. The molecule has 0 aromatic carbocycles. The number of aliphatic hydroxyl groups is 1. The van der Waals surface area contributed by atoms with Gasteiger partial charge in [-0.2, -0.15) is 0 Å². The van der Waals surface area contributed by atoms with E-state index in [1.54, 1.807) is 24.6 Å². The monoisotopic (exact) mass is 443 g/mol. The summed E-state index contributed by atoms with van der Waals surface area (Å²) in [6, 6.07) is 1.74. The van der Waals surface area contributed by atoms with Crippen molar-refractivity contribution in [2.75, 3.05) is 24.6 Å².